The van der Waals surface area contributed by atoms with Crippen molar-refractivity contribution in [2.45, 2.75) is 13.8 Å². The number of halogens is 1. The van der Waals surface area contributed by atoms with Crippen LogP contribution in [-0.2, 0) is 0 Å². The number of fused-ring (bicyclic) bond motifs is 1. The molecule has 1 aromatic heterocycles. The van der Waals surface area contributed by atoms with Gasteiger partial charge in [-0.05, 0) is 43.2 Å². The summed E-state index contributed by atoms with van der Waals surface area (Å²) in [5, 5.41) is 5.76. The molecule has 3 nitrogen and oxygen atoms in total. The molecule has 2 aromatic carbocycles. The lowest BCUT2D eigenvalue weighted by Gasteiger charge is -2.05. The highest BCUT2D eigenvalue weighted by molar-refractivity contribution is 6.32. The minimum atomic E-state index is 0.452. The molecular formula is C18H16ClN3. The zero-order valence-corrected chi connectivity index (χ0v) is 13.2. The Labute approximate surface area is 134 Å². The third-order valence-electron chi connectivity index (χ3n) is 3.49. The van der Waals surface area contributed by atoms with Crippen LogP contribution in [-0.4, -0.2) is 11.2 Å². The van der Waals surface area contributed by atoms with E-state index in [-0.39, 0.29) is 0 Å². The van der Waals surface area contributed by atoms with E-state index in [0.29, 0.717) is 5.15 Å². The number of hydrogen-bond donors (Lipinski definition) is 1. The Morgan fingerprint density at radius 3 is 2.73 bits per heavy atom. The minimum absolute atomic E-state index is 0.452. The standard InChI is InChI=1S/C18H16ClN3/c1-12-7-8-14-10-15(18(19)21-17(14)9-12)11-20-22-16-6-4-3-5-13(16)2/h3-11,22H,1-2H3/b20-11-. The zero-order valence-electron chi connectivity index (χ0n) is 12.5. The van der Waals surface area contributed by atoms with Crippen molar-refractivity contribution < 1.29 is 0 Å². The summed E-state index contributed by atoms with van der Waals surface area (Å²) in [5.41, 5.74) is 7.99. The van der Waals surface area contributed by atoms with Crippen LogP contribution in [0.1, 0.15) is 16.7 Å². The van der Waals surface area contributed by atoms with E-state index in [1.165, 1.54) is 5.56 Å². The van der Waals surface area contributed by atoms with Crippen LogP contribution < -0.4 is 5.43 Å². The molecule has 0 saturated heterocycles. The van der Waals surface area contributed by atoms with Crippen molar-refractivity contribution in [1.29, 1.82) is 0 Å². The van der Waals surface area contributed by atoms with Gasteiger partial charge >= 0.3 is 0 Å². The van der Waals surface area contributed by atoms with Crippen molar-refractivity contribution in [2.75, 3.05) is 5.43 Å². The van der Waals surface area contributed by atoms with E-state index < -0.39 is 0 Å². The molecule has 0 aliphatic heterocycles. The van der Waals surface area contributed by atoms with Gasteiger partial charge in [0, 0.05) is 10.9 Å². The van der Waals surface area contributed by atoms with Gasteiger partial charge < -0.3 is 0 Å². The molecular weight excluding hydrogens is 294 g/mol. The normalized spacial score (nSPS) is 11.2. The summed E-state index contributed by atoms with van der Waals surface area (Å²) in [5.74, 6) is 0. The highest BCUT2D eigenvalue weighted by atomic mass is 35.5. The van der Waals surface area contributed by atoms with Crippen LogP contribution in [0.25, 0.3) is 10.9 Å². The molecule has 22 heavy (non-hydrogen) atoms. The molecule has 0 unspecified atom stereocenters. The second-order valence-electron chi connectivity index (χ2n) is 5.25. The summed E-state index contributed by atoms with van der Waals surface area (Å²) in [7, 11) is 0. The van der Waals surface area contributed by atoms with Crippen LogP contribution >= 0.6 is 11.6 Å². The maximum absolute atomic E-state index is 6.24. The topological polar surface area (TPSA) is 37.3 Å². The maximum Gasteiger partial charge on any atom is 0.138 e. The van der Waals surface area contributed by atoms with Gasteiger partial charge in [-0.25, -0.2) is 4.98 Å². The predicted molar refractivity (Wildman–Crippen MR) is 93.9 cm³/mol. The zero-order chi connectivity index (χ0) is 15.5. The van der Waals surface area contributed by atoms with E-state index in [0.717, 1.165) is 27.7 Å². The number of rotatable bonds is 3. The fraction of sp³-hybridized carbons (Fsp3) is 0.111. The van der Waals surface area contributed by atoms with E-state index in [1.54, 1.807) is 6.21 Å². The molecule has 110 valence electrons. The molecule has 1 heterocycles. The van der Waals surface area contributed by atoms with Gasteiger partial charge in [0.2, 0.25) is 0 Å². The van der Waals surface area contributed by atoms with Crippen molar-refractivity contribution in [1.82, 2.24) is 4.98 Å². The Morgan fingerprint density at radius 2 is 1.91 bits per heavy atom. The van der Waals surface area contributed by atoms with Gasteiger partial charge in [0.15, 0.2) is 0 Å². The SMILES string of the molecule is Cc1ccc2cc(/C=N\Nc3ccccc3C)c(Cl)nc2c1. The molecule has 4 heteroatoms. The number of aryl methyl sites for hydroxylation is 2. The summed E-state index contributed by atoms with van der Waals surface area (Å²) in [6, 6.07) is 16.1. The third-order valence-corrected chi connectivity index (χ3v) is 3.79. The number of nitrogens with zero attached hydrogens (tertiary/aromatic N) is 2. The lowest BCUT2D eigenvalue weighted by Crippen LogP contribution is -1.94. The molecule has 0 atom stereocenters. The number of pyridine rings is 1. The number of anilines is 1. The predicted octanol–water partition coefficient (Wildman–Crippen LogP) is 4.95. The number of benzene rings is 2. The first-order chi connectivity index (χ1) is 10.6. The quantitative estimate of drug-likeness (QED) is 0.422. The van der Waals surface area contributed by atoms with Crippen molar-refractivity contribution in [2.24, 2.45) is 5.10 Å². The number of hydrazone groups is 1. The van der Waals surface area contributed by atoms with E-state index in [1.807, 2.05) is 56.3 Å². The molecule has 0 bridgehead atoms. The average Bonchev–Trinajstić information content (AvgIpc) is 2.50. The summed E-state index contributed by atoms with van der Waals surface area (Å²) in [6.45, 7) is 4.07. The molecule has 3 aromatic rings. The first kappa shape index (κ1) is 14.5. The van der Waals surface area contributed by atoms with E-state index in [2.05, 4.69) is 21.6 Å². The molecule has 0 aliphatic rings. The van der Waals surface area contributed by atoms with Gasteiger partial charge in [0.25, 0.3) is 0 Å². The van der Waals surface area contributed by atoms with Gasteiger partial charge in [-0.15, -0.1) is 0 Å². The Morgan fingerprint density at radius 1 is 1.09 bits per heavy atom. The molecule has 0 amide bonds. The Hall–Kier alpha value is -2.39. The van der Waals surface area contributed by atoms with Crippen LogP contribution in [0.3, 0.4) is 0 Å². The van der Waals surface area contributed by atoms with Crippen LogP contribution in [0.5, 0.6) is 0 Å². The number of hydrogen-bond acceptors (Lipinski definition) is 3. The van der Waals surface area contributed by atoms with E-state index in [9.17, 15) is 0 Å². The van der Waals surface area contributed by atoms with Crippen molar-refractivity contribution in [3.05, 3.63) is 70.4 Å². The Bertz CT molecular complexity index is 856. The first-order valence-electron chi connectivity index (χ1n) is 7.05. The summed E-state index contributed by atoms with van der Waals surface area (Å²) in [4.78, 5) is 4.43. The third kappa shape index (κ3) is 3.10. The second kappa shape index (κ2) is 6.16. The molecule has 0 fully saturated rings. The summed E-state index contributed by atoms with van der Waals surface area (Å²) in [6.07, 6.45) is 1.70. The fourth-order valence-corrected chi connectivity index (χ4v) is 2.42. The lowest BCUT2D eigenvalue weighted by atomic mass is 10.1. The van der Waals surface area contributed by atoms with Crippen LogP contribution in [0.2, 0.25) is 5.15 Å². The minimum Gasteiger partial charge on any atom is -0.278 e. The Balaban J connectivity index is 1.87. The average molecular weight is 310 g/mol. The highest BCUT2D eigenvalue weighted by Crippen LogP contribution is 2.20. The molecule has 1 N–H and O–H groups in total. The van der Waals surface area contributed by atoms with Crippen LogP contribution in [0, 0.1) is 13.8 Å². The first-order valence-corrected chi connectivity index (χ1v) is 7.43. The van der Waals surface area contributed by atoms with Gasteiger partial charge in [0.05, 0.1) is 17.4 Å². The van der Waals surface area contributed by atoms with Crippen molar-refractivity contribution >= 4 is 34.4 Å². The van der Waals surface area contributed by atoms with Gasteiger partial charge in [-0.1, -0.05) is 41.9 Å². The van der Waals surface area contributed by atoms with Crippen LogP contribution in [0.15, 0.2) is 53.6 Å². The van der Waals surface area contributed by atoms with Gasteiger partial charge in [-0.3, -0.25) is 5.43 Å². The van der Waals surface area contributed by atoms with Crippen LogP contribution in [0.4, 0.5) is 5.69 Å². The molecule has 3 rings (SSSR count). The molecule has 0 spiro atoms. The summed E-state index contributed by atoms with van der Waals surface area (Å²) >= 11 is 6.24. The van der Waals surface area contributed by atoms with Gasteiger partial charge in [0.1, 0.15) is 5.15 Å². The van der Waals surface area contributed by atoms with E-state index in [4.69, 9.17) is 11.6 Å². The van der Waals surface area contributed by atoms with Crippen molar-refractivity contribution in [3.63, 3.8) is 0 Å². The number of nitrogens with one attached hydrogen (secondary N) is 1. The monoisotopic (exact) mass is 309 g/mol. The number of aromatic nitrogens is 1. The maximum atomic E-state index is 6.24. The van der Waals surface area contributed by atoms with Gasteiger partial charge in [-0.2, -0.15) is 5.10 Å². The largest absolute Gasteiger partial charge is 0.278 e. The molecule has 0 saturated carbocycles. The smallest absolute Gasteiger partial charge is 0.138 e. The highest BCUT2D eigenvalue weighted by Gasteiger charge is 2.03. The fourth-order valence-electron chi connectivity index (χ4n) is 2.23. The number of para-hydroxylation sites is 1. The Kier molecular flexibility index (Phi) is 4.07. The summed E-state index contributed by atoms with van der Waals surface area (Å²) < 4.78 is 0. The molecule has 0 aliphatic carbocycles. The van der Waals surface area contributed by atoms with E-state index >= 15 is 0 Å². The van der Waals surface area contributed by atoms with Crippen molar-refractivity contribution in [3.8, 4) is 0 Å². The lowest BCUT2D eigenvalue weighted by molar-refractivity contribution is 1.30. The second-order valence-corrected chi connectivity index (χ2v) is 5.61. The molecule has 0 radical (unpaired) electrons.